The molecule has 16 heavy (non-hydrogen) atoms. The maximum absolute atomic E-state index is 6.30. The van der Waals surface area contributed by atoms with Gasteiger partial charge in [0.05, 0.1) is 12.2 Å². The van der Waals surface area contributed by atoms with Crippen LogP contribution in [0.15, 0.2) is 0 Å². The van der Waals surface area contributed by atoms with Gasteiger partial charge in [0.1, 0.15) is 0 Å². The Kier molecular flexibility index (Phi) is 2.97. The van der Waals surface area contributed by atoms with Gasteiger partial charge in [-0.2, -0.15) is 0 Å². The molecule has 2 atom stereocenters. The number of hydrogen-bond donors (Lipinski definition) is 1. The van der Waals surface area contributed by atoms with E-state index in [0.717, 1.165) is 12.6 Å². The molecule has 3 rings (SSSR count). The fraction of sp³-hybridized carbons (Fsp3) is 1.00. The number of rotatable bonds is 4. The smallest absolute Gasteiger partial charge is 0.0665 e. The van der Waals surface area contributed by atoms with Crippen LogP contribution in [0.2, 0.25) is 0 Å². The molecule has 3 aliphatic carbocycles. The first-order chi connectivity index (χ1) is 7.85. The summed E-state index contributed by atoms with van der Waals surface area (Å²) in [6.45, 7) is 3.34. The fourth-order valence-corrected chi connectivity index (χ4v) is 3.91. The monoisotopic (exact) mass is 223 g/mol. The highest BCUT2D eigenvalue weighted by molar-refractivity contribution is 5.10. The summed E-state index contributed by atoms with van der Waals surface area (Å²) < 4.78 is 6.30. The van der Waals surface area contributed by atoms with Gasteiger partial charge in [-0.15, -0.1) is 0 Å². The van der Waals surface area contributed by atoms with Crippen molar-refractivity contribution in [1.29, 1.82) is 0 Å². The molecule has 2 heteroatoms. The van der Waals surface area contributed by atoms with E-state index in [2.05, 4.69) is 12.2 Å². The Bertz CT molecular complexity index is 243. The van der Waals surface area contributed by atoms with Gasteiger partial charge in [-0.25, -0.2) is 0 Å². The molecule has 0 aliphatic heterocycles. The Labute approximate surface area is 99.1 Å². The lowest BCUT2D eigenvalue weighted by Gasteiger charge is -2.55. The highest BCUT2D eigenvalue weighted by Gasteiger charge is 2.56. The van der Waals surface area contributed by atoms with Crippen molar-refractivity contribution < 1.29 is 4.74 Å². The molecule has 0 aromatic heterocycles. The summed E-state index contributed by atoms with van der Waals surface area (Å²) in [4.78, 5) is 0. The maximum Gasteiger partial charge on any atom is 0.0665 e. The predicted molar refractivity (Wildman–Crippen MR) is 65.5 cm³/mol. The molecule has 92 valence electrons. The molecule has 0 aromatic rings. The van der Waals surface area contributed by atoms with Crippen LogP contribution in [0.1, 0.15) is 58.3 Å². The van der Waals surface area contributed by atoms with E-state index < -0.39 is 0 Å². The Hall–Kier alpha value is -0.0800. The molecule has 1 N–H and O–H groups in total. The van der Waals surface area contributed by atoms with Crippen molar-refractivity contribution in [3.05, 3.63) is 0 Å². The van der Waals surface area contributed by atoms with Crippen LogP contribution in [0.4, 0.5) is 0 Å². The molecule has 3 fully saturated rings. The van der Waals surface area contributed by atoms with Gasteiger partial charge in [0.25, 0.3) is 0 Å². The molecule has 0 amide bonds. The van der Waals surface area contributed by atoms with E-state index in [0.29, 0.717) is 17.6 Å². The zero-order chi connectivity index (χ0) is 11.0. The lowest BCUT2D eigenvalue weighted by molar-refractivity contribution is -0.175. The van der Waals surface area contributed by atoms with Gasteiger partial charge in [0.2, 0.25) is 0 Å². The summed E-state index contributed by atoms with van der Waals surface area (Å²) in [6, 6.07) is 0.755. The van der Waals surface area contributed by atoms with Crippen molar-refractivity contribution in [1.82, 2.24) is 5.32 Å². The normalized spacial score (nSPS) is 37.3. The molecule has 2 unspecified atom stereocenters. The van der Waals surface area contributed by atoms with Crippen molar-refractivity contribution in [2.75, 3.05) is 6.54 Å². The van der Waals surface area contributed by atoms with Crippen LogP contribution in [-0.2, 0) is 4.74 Å². The maximum atomic E-state index is 6.30. The third kappa shape index (κ3) is 1.62. The van der Waals surface area contributed by atoms with Gasteiger partial charge in [0.15, 0.2) is 0 Å². The summed E-state index contributed by atoms with van der Waals surface area (Å²) in [5.41, 5.74) is 0.533. The second-order valence-corrected chi connectivity index (χ2v) is 5.96. The Balaban J connectivity index is 1.61. The summed E-state index contributed by atoms with van der Waals surface area (Å²) >= 11 is 0. The van der Waals surface area contributed by atoms with E-state index in [1.165, 1.54) is 51.4 Å². The van der Waals surface area contributed by atoms with Crippen LogP contribution in [0, 0.1) is 5.41 Å². The molecule has 2 nitrogen and oxygen atoms in total. The standard InChI is InChI=1S/C14H25NO/c1-2-15-12-10-13(16-11-6-5-7-11)14(12)8-3-4-9-14/h11-13,15H,2-10H2,1H3. The number of hydrogen-bond acceptors (Lipinski definition) is 2. The Morgan fingerprint density at radius 1 is 1.19 bits per heavy atom. The Morgan fingerprint density at radius 2 is 1.94 bits per heavy atom. The van der Waals surface area contributed by atoms with E-state index in [1.54, 1.807) is 0 Å². The van der Waals surface area contributed by atoms with E-state index in [-0.39, 0.29) is 0 Å². The zero-order valence-corrected chi connectivity index (χ0v) is 10.5. The SMILES string of the molecule is CCNC1CC(OC2CCC2)C12CCCC2. The van der Waals surface area contributed by atoms with Gasteiger partial charge in [-0.3, -0.25) is 0 Å². The fourth-order valence-electron chi connectivity index (χ4n) is 3.91. The minimum atomic E-state index is 0.533. The minimum absolute atomic E-state index is 0.533. The summed E-state index contributed by atoms with van der Waals surface area (Å²) in [7, 11) is 0. The van der Waals surface area contributed by atoms with Gasteiger partial charge >= 0.3 is 0 Å². The highest BCUT2D eigenvalue weighted by Crippen LogP contribution is 2.55. The first-order valence-electron chi connectivity index (χ1n) is 7.24. The second kappa shape index (κ2) is 4.30. The van der Waals surface area contributed by atoms with Crippen LogP contribution in [0.3, 0.4) is 0 Å². The topological polar surface area (TPSA) is 21.3 Å². The van der Waals surface area contributed by atoms with Gasteiger partial charge in [0, 0.05) is 11.5 Å². The largest absolute Gasteiger partial charge is 0.374 e. The third-order valence-electron chi connectivity index (χ3n) is 5.18. The number of nitrogens with one attached hydrogen (secondary N) is 1. The molecular weight excluding hydrogens is 198 g/mol. The predicted octanol–water partition coefficient (Wildman–Crippen LogP) is 2.87. The van der Waals surface area contributed by atoms with Crippen molar-refractivity contribution >= 4 is 0 Å². The summed E-state index contributed by atoms with van der Waals surface area (Å²) in [6.07, 6.45) is 12.2. The molecule has 0 radical (unpaired) electrons. The molecule has 0 heterocycles. The van der Waals surface area contributed by atoms with Crippen LogP contribution < -0.4 is 5.32 Å². The molecule has 0 saturated heterocycles. The minimum Gasteiger partial charge on any atom is -0.374 e. The lowest BCUT2D eigenvalue weighted by Crippen LogP contribution is -2.63. The molecular formula is C14H25NO. The highest BCUT2D eigenvalue weighted by atomic mass is 16.5. The number of ether oxygens (including phenoxy) is 1. The van der Waals surface area contributed by atoms with Crippen LogP contribution in [0.5, 0.6) is 0 Å². The Morgan fingerprint density at radius 3 is 2.50 bits per heavy atom. The molecule has 3 aliphatic rings. The first-order valence-corrected chi connectivity index (χ1v) is 7.24. The lowest BCUT2D eigenvalue weighted by atomic mass is 9.60. The molecule has 1 spiro atoms. The van der Waals surface area contributed by atoms with E-state index in [4.69, 9.17) is 4.74 Å². The molecule has 3 saturated carbocycles. The summed E-state index contributed by atoms with van der Waals surface area (Å²) in [5, 5.41) is 3.67. The second-order valence-electron chi connectivity index (χ2n) is 5.96. The van der Waals surface area contributed by atoms with Crippen molar-refractivity contribution in [2.45, 2.75) is 76.5 Å². The first kappa shape index (κ1) is 11.0. The van der Waals surface area contributed by atoms with Crippen LogP contribution >= 0.6 is 0 Å². The van der Waals surface area contributed by atoms with Crippen LogP contribution in [0.25, 0.3) is 0 Å². The van der Waals surface area contributed by atoms with Crippen LogP contribution in [-0.4, -0.2) is 24.8 Å². The summed E-state index contributed by atoms with van der Waals surface area (Å²) in [5.74, 6) is 0. The van der Waals surface area contributed by atoms with E-state index in [1.807, 2.05) is 0 Å². The quantitative estimate of drug-likeness (QED) is 0.791. The van der Waals surface area contributed by atoms with Crippen molar-refractivity contribution in [2.24, 2.45) is 5.41 Å². The average Bonchev–Trinajstić information content (AvgIpc) is 2.71. The van der Waals surface area contributed by atoms with Gasteiger partial charge in [-0.05, 0) is 45.1 Å². The van der Waals surface area contributed by atoms with E-state index >= 15 is 0 Å². The van der Waals surface area contributed by atoms with E-state index in [9.17, 15) is 0 Å². The van der Waals surface area contributed by atoms with Gasteiger partial charge in [-0.1, -0.05) is 19.8 Å². The molecule has 0 bridgehead atoms. The third-order valence-corrected chi connectivity index (χ3v) is 5.18. The zero-order valence-electron chi connectivity index (χ0n) is 10.5. The average molecular weight is 223 g/mol. The van der Waals surface area contributed by atoms with Crippen molar-refractivity contribution in [3.8, 4) is 0 Å². The molecule has 0 aromatic carbocycles. The van der Waals surface area contributed by atoms with Crippen molar-refractivity contribution in [3.63, 3.8) is 0 Å². The van der Waals surface area contributed by atoms with Gasteiger partial charge < -0.3 is 10.1 Å².